The van der Waals surface area contributed by atoms with Crippen molar-refractivity contribution in [3.63, 3.8) is 0 Å². The lowest BCUT2D eigenvalue weighted by molar-refractivity contribution is 0.569. The van der Waals surface area contributed by atoms with Crippen LogP contribution in [0.25, 0.3) is 5.69 Å². The summed E-state index contributed by atoms with van der Waals surface area (Å²) in [6.07, 6.45) is 9.69. The van der Waals surface area contributed by atoms with E-state index in [0.717, 1.165) is 31.1 Å². The Bertz CT molecular complexity index is 769. The number of hydrogen-bond donors (Lipinski definition) is 1. The number of hydrogen-bond acceptors (Lipinski definition) is 5. The molecule has 6 nitrogen and oxygen atoms in total. The molecule has 3 heterocycles. The van der Waals surface area contributed by atoms with Gasteiger partial charge in [-0.25, -0.2) is 4.98 Å². The van der Waals surface area contributed by atoms with Crippen molar-refractivity contribution in [2.75, 3.05) is 18.0 Å². The van der Waals surface area contributed by atoms with Crippen molar-refractivity contribution in [2.45, 2.75) is 25.4 Å². The zero-order valence-corrected chi connectivity index (χ0v) is 14.1. The molecule has 6 heteroatoms. The fourth-order valence-electron chi connectivity index (χ4n) is 3.38. The summed E-state index contributed by atoms with van der Waals surface area (Å²) in [5, 5.41) is 11.8. The van der Waals surface area contributed by atoms with Crippen molar-refractivity contribution >= 4 is 5.82 Å². The predicted molar refractivity (Wildman–Crippen MR) is 97.7 cm³/mol. The van der Waals surface area contributed by atoms with Gasteiger partial charge in [-0.1, -0.05) is 12.1 Å². The van der Waals surface area contributed by atoms with Crippen LogP contribution in [0.3, 0.4) is 0 Å². The van der Waals surface area contributed by atoms with Crippen LogP contribution in [0.15, 0.2) is 61.3 Å². The maximum absolute atomic E-state index is 4.25. The Kier molecular flexibility index (Phi) is 4.70. The largest absolute Gasteiger partial charge is 0.351 e. The first kappa shape index (κ1) is 15.8. The molecule has 1 saturated heterocycles. The van der Waals surface area contributed by atoms with Crippen LogP contribution in [0, 0.1) is 0 Å². The summed E-state index contributed by atoms with van der Waals surface area (Å²) in [6.45, 7) is 2.89. The van der Waals surface area contributed by atoms with E-state index in [1.54, 1.807) is 12.4 Å². The van der Waals surface area contributed by atoms with E-state index in [2.05, 4.69) is 49.7 Å². The number of imidazole rings is 1. The Hall–Kier alpha value is -2.73. The van der Waals surface area contributed by atoms with E-state index in [1.807, 2.05) is 29.2 Å². The molecule has 0 unspecified atom stereocenters. The van der Waals surface area contributed by atoms with Gasteiger partial charge in [0.25, 0.3) is 0 Å². The molecule has 4 rings (SSSR count). The van der Waals surface area contributed by atoms with Crippen LogP contribution >= 0.6 is 0 Å². The van der Waals surface area contributed by atoms with Gasteiger partial charge < -0.3 is 14.8 Å². The number of anilines is 1. The smallest absolute Gasteiger partial charge is 0.151 e. The van der Waals surface area contributed by atoms with Gasteiger partial charge in [-0.05, 0) is 42.7 Å². The topological polar surface area (TPSA) is 58.9 Å². The van der Waals surface area contributed by atoms with Gasteiger partial charge in [0.2, 0.25) is 0 Å². The van der Waals surface area contributed by atoms with E-state index in [4.69, 9.17) is 0 Å². The Morgan fingerprint density at radius 3 is 2.80 bits per heavy atom. The summed E-state index contributed by atoms with van der Waals surface area (Å²) >= 11 is 0. The quantitative estimate of drug-likeness (QED) is 0.750. The van der Waals surface area contributed by atoms with Crippen LogP contribution in [0.5, 0.6) is 0 Å². The SMILES string of the molecule is c1cnnc(N2CCC[C@H]2CNCc2ccc(-n3ccnc3)cc2)c1. The van der Waals surface area contributed by atoms with Gasteiger partial charge in [0.05, 0.1) is 6.33 Å². The molecule has 1 aromatic carbocycles. The summed E-state index contributed by atoms with van der Waals surface area (Å²) in [6, 6.07) is 13.1. The van der Waals surface area contributed by atoms with Crippen molar-refractivity contribution in [3.8, 4) is 5.69 Å². The standard InChI is InChI=1S/C19H22N6/c1-4-19(23-22-9-1)25-11-2-3-18(25)14-21-13-16-5-7-17(8-6-16)24-12-10-20-15-24/h1,4-10,12,15,18,21H,2-3,11,13-14H2/t18-/m0/s1. The van der Waals surface area contributed by atoms with Crippen molar-refractivity contribution in [3.05, 3.63) is 66.9 Å². The second-order valence-corrected chi connectivity index (χ2v) is 6.34. The fraction of sp³-hybridized carbons (Fsp3) is 0.316. The maximum atomic E-state index is 4.25. The number of rotatable bonds is 6. The molecule has 1 aliphatic rings. The Morgan fingerprint density at radius 1 is 1.12 bits per heavy atom. The number of nitrogens with one attached hydrogen (secondary N) is 1. The summed E-state index contributed by atoms with van der Waals surface area (Å²) in [5.74, 6) is 0.983. The summed E-state index contributed by atoms with van der Waals surface area (Å²) in [4.78, 5) is 6.45. The zero-order chi connectivity index (χ0) is 16.9. The highest BCUT2D eigenvalue weighted by molar-refractivity contribution is 5.39. The van der Waals surface area contributed by atoms with Crippen LogP contribution in [-0.4, -0.2) is 38.9 Å². The van der Waals surface area contributed by atoms with Gasteiger partial charge in [-0.15, -0.1) is 5.10 Å². The molecule has 1 fully saturated rings. The molecular formula is C19H22N6. The highest BCUT2D eigenvalue weighted by Crippen LogP contribution is 2.22. The molecule has 2 aromatic heterocycles. The summed E-state index contributed by atoms with van der Waals surface area (Å²) in [7, 11) is 0. The maximum Gasteiger partial charge on any atom is 0.151 e. The van der Waals surface area contributed by atoms with Crippen LogP contribution in [-0.2, 0) is 6.54 Å². The van der Waals surface area contributed by atoms with E-state index in [1.165, 1.54) is 18.4 Å². The van der Waals surface area contributed by atoms with Gasteiger partial charge >= 0.3 is 0 Å². The minimum atomic E-state index is 0.488. The highest BCUT2D eigenvalue weighted by atomic mass is 15.3. The number of benzene rings is 1. The van der Waals surface area contributed by atoms with Crippen molar-refractivity contribution in [1.82, 2.24) is 25.1 Å². The van der Waals surface area contributed by atoms with E-state index in [9.17, 15) is 0 Å². The molecule has 1 aliphatic heterocycles. The molecule has 0 spiro atoms. The van der Waals surface area contributed by atoms with Crippen LogP contribution in [0.1, 0.15) is 18.4 Å². The lowest BCUT2D eigenvalue weighted by atomic mass is 10.2. The lowest BCUT2D eigenvalue weighted by Gasteiger charge is -2.25. The van der Waals surface area contributed by atoms with Gasteiger partial charge in [0.1, 0.15) is 0 Å². The van der Waals surface area contributed by atoms with E-state index in [-0.39, 0.29) is 0 Å². The second kappa shape index (κ2) is 7.44. The van der Waals surface area contributed by atoms with Gasteiger partial charge in [-0.2, -0.15) is 5.10 Å². The molecular weight excluding hydrogens is 312 g/mol. The molecule has 0 radical (unpaired) electrons. The van der Waals surface area contributed by atoms with Crippen LogP contribution < -0.4 is 10.2 Å². The molecule has 25 heavy (non-hydrogen) atoms. The van der Waals surface area contributed by atoms with Crippen LogP contribution in [0.2, 0.25) is 0 Å². The second-order valence-electron chi connectivity index (χ2n) is 6.34. The van der Waals surface area contributed by atoms with E-state index in [0.29, 0.717) is 6.04 Å². The molecule has 128 valence electrons. The molecule has 0 saturated carbocycles. The first-order valence-electron chi connectivity index (χ1n) is 8.72. The van der Waals surface area contributed by atoms with Gasteiger partial charge in [0.15, 0.2) is 5.82 Å². The molecule has 1 atom stereocenters. The summed E-state index contributed by atoms with van der Waals surface area (Å²) in [5.41, 5.74) is 2.42. The predicted octanol–water partition coefficient (Wildman–Crippen LogP) is 2.42. The first-order valence-corrected chi connectivity index (χ1v) is 8.72. The number of nitrogens with zero attached hydrogens (tertiary/aromatic N) is 5. The third-order valence-corrected chi connectivity index (χ3v) is 4.68. The molecule has 1 N–H and O–H groups in total. The lowest BCUT2D eigenvalue weighted by Crippen LogP contribution is -2.38. The zero-order valence-electron chi connectivity index (χ0n) is 14.1. The Balaban J connectivity index is 1.31. The van der Waals surface area contributed by atoms with Gasteiger partial charge in [0, 0.05) is 50.0 Å². The molecule has 0 aliphatic carbocycles. The summed E-state index contributed by atoms with van der Waals surface area (Å²) < 4.78 is 2.01. The minimum absolute atomic E-state index is 0.488. The molecule has 0 bridgehead atoms. The average molecular weight is 334 g/mol. The minimum Gasteiger partial charge on any atom is -0.351 e. The van der Waals surface area contributed by atoms with E-state index >= 15 is 0 Å². The third kappa shape index (κ3) is 3.69. The highest BCUT2D eigenvalue weighted by Gasteiger charge is 2.25. The van der Waals surface area contributed by atoms with Crippen molar-refractivity contribution in [1.29, 1.82) is 0 Å². The Labute approximate surface area is 147 Å². The van der Waals surface area contributed by atoms with Gasteiger partial charge in [-0.3, -0.25) is 0 Å². The van der Waals surface area contributed by atoms with Crippen LogP contribution in [0.4, 0.5) is 5.82 Å². The molecule has 3 aromatic rings. The molecule has 0 amide bonds. The first-order chi connectivity index (χ1) is 12.4. The Morgan fingerprint density at radius 2 is 2.04 bits per heavy atom. The van der Waals surface area contributed by atoms with E-state index < -0.39 is 0 Å². The number of aromatic nitrogens is 4. The monoisotopic (exact) mass is 334 g/mol. The fourth-order valence-corrected chi connectivity index (χ4v) is 3.38. The normalized spacial score (nSPS) is 17.1. The average Bonchev–Trinajstić information content (AvgIpc) is 3.35. The third-order valence-electron chi connectivity index (χ3n) is 4.68. The van der Waals surface area contributed by atoms with Crippen molar-refractivity contribution in [2.24, 2.45) is 0 Å². The van der Waals surface area contributed by atoms with Crippen molar-refractivity contribution < 1.29 is 0 Å².